The molecule has 1 aromatic heterocycles. The van der Waals surface area contributed by atoms with Gasteiger partial charge in [0, 0.05) is 12.6 Å². The molecule has 2 aliphatic rings. The summed E-state index contributed by atoms with van der Waals surface area (Å²) in [5, 5.41) is 7.87. The first-order chi connectivity index (χ1) is 9.70. The van der Waals surface area contributed by atoms with Crippen molar-refractivity contribution in [2.45, 2.75) is 58.0 Å². The van der Waals surface area contributed by atoms with Crippen LogP contribution in [0.1, 0.15) is 45.4 Å². The quantitative estimate of drug-likeness (QED) is 0.827. The largest absolute Gasteiger partial charge is 0.379 e. The van der Waals surface area contributed by atoms with Crippen LogP contribution in [-0.4, -0.2) is 15.8 Å². The first-order valence-corrected chi connectivity index (χ1v) is 8.52. The molecule has 1 N–H and O–H groups in total. The van der Waals surface area contributed by atoms with Crippen LogP contribution in [-0.2, 0) is 6.54 Å². The zero-order chi connectivity index (χ0) is 14.1. The van der Waals surface area contributed by atoms with E-state index in [4.69, 9.17) is 0 Å². The van der Waals surface area contributed by atoms with Crippen LogP contribution in [0.3, 0.4) is 0 Å². The number of aryl methyl sites for hydroxylation is 1. The number of nitrogens with one attached hydrogen (secondary N) is 1. The molecule has 0 bridgehead atoms. The average Bonchev–Trinajstić information content (AvgIpc) is 3.31. The van der Waals surface area contributed by atoms with Crippen molar-refractivity contribution in [2.24, 2.45) is 11.8 Å². The zero-order valence-corrected chi connectivity index (χ0v) is 13.5. The lowest BCUT2D eigenvalue weighted by Gasteiger charge is -2.20. The molecule has 0 spiro atoms. The topological polar surface area (TPSA) is 46.9 Å². The standard InChI is InChI=1S/C15H22BrN3O/c1-2-3-8-19-15(20)13(16)12(9-17-19)18-14(10-4-5-10)11-6-7-11/h9-11,14,18H,2-8H2,1H3. The van der Waals surface area contributed by atoms with Crippen molar-refractivity contribution < 1.29 is 0 Å². The van der Waals surface area contributed by atoms with Gasteiger partial charge in [0.25, 0.3) is 5.56 Å². The third-order valence-electron chi connectivity index (χ3n) is 4.29. The second kappa shape index (κ2) is 5.88. The molecule has 0 atom stereocenters. The van der Waals surface area contributed by atoms with E-state index in [1.165, 1.54) is 25.7 Å². The summed E-state index contributed by atoms with van der Waals surface area (Å²) in [5.74, 6) is 1.61. The van der Waals surface area contributed by atoms with Crippen molar-refractivity contribution in [3.63, 3.8) is 0 Å². The van der Waals surface area contributed by atoms with E-state index in [2.05, 4.69) is 33.3 Å². The Balaban J connectivity index is 1.75. The van der Waals surface area contributed by atoms with E-state index in [-0.39, 0.29) is 5.56 Å². The molecule has 2 fully saturated rings. The molecule has 110 valence electrons. The lowest BCUT2D eigenvalue weighted by Crippen LogP contribution is -2.29. The van der Waals surface area contributed by atoms with Crippen LogP contribution in [0.15, 0.2) is 15.5 Å². The highest BCUT2D eigenvalue weighted by atomic mass is 79.9. The number of hydrogen-bond acceptors (Lipinski definition) is 3. The summed E-state index contributed by atoms with van der Waals surface area (Å²) in [6, 6.07) is 0.541. The van der Waals surface area contributed by atoms with Crippen LogP contribution in [0, 0.1) is 11.8 Å². The van der Waals surface area contributed by atoms with Crippen molar-refractivity contribution in [1.82, 2.24) is 9.78 Å². The van der Waals surface area contributed by atoms with Gasteiger partial charge in [0.15, 0.2) is 0 Å². The third kappa shape index (κ3) is 3.08. The second-order valence-corrected chi connectivity index (χ2v) is 6.89. The van der Waals surface area contributed by atoms with Gasteiger partial charge in [-0.05, 0) is 59.9 Å². The van der Waals surface area contributed by atoms with Gasteiger partial charge in [-0.15, -0.1) is 0 Å². The molecule has 0 unspecified atom stereocenters. The Hall–Kier alpha value is -0.840. The summed E-state index contributed by atoms with van der Waals surface area (Å²) in [6.07, 6.45) is 9.16. The van der Waals surface area contributed by atoms with E-state index in [1.807, 2.05) is 0 Å². The number of unbranched alkanes of at least 4 members (excludes halogenated alkanes) is 1. The van der Waals surface area contributed by atoms with E-state index >= 15 is 0 Å². The highest BCUT2D eigenvalue weighted by Crippen LogP contribution is 2.46. The molecule has 0 saturated heterocycles. The first kappa shape index (κ1) is 14.1. The zero-order valence-electron chi connectivity index (χ0n) is 11.9. The Labute approximate surface area is 128 Å². The predicted octanol–water partition coefficient (Wildman–Crippen LogP) is 3.41. The van der Waals surface area contributed by atoms with Crippen molar-refractivity contribution in [3.8, 4) is 0 Å². The van der Waals surface area contributed by atoms with Gasteiger partial charge in [-0.2, -0.15) is 5.10 Å². The highest BCUT2D eigenvalue weighted by molar-refractivity contribution is 9.10. The fourth-order valence-electron chi connectivity index (χ4n) is 2.74. The monoisotopic (exact) mass is 339 g/mol. The Morgan fingerprint density at radius 1 is 1.40 bits per heavy atom. The SMILES string of the molecule is CCCCn1ncc(NC(C2CC2)C2CC2)c(Br)c1=O. The minimum atomic E-state index is -0.0196. The summed E-state index contributed by atoms with van der Waals surface area (Å²) in [4.78, 5) is 12.3. The molecule has 3 rings (SSSR count). The molecule has 4 nitrogen and oxygen atoms in total. The van der Waals surface area contributed by atoms with E-state index in [0.717, 1.165) is 30.4 Å². The highest BCUT2D eigenvalue weighted by Gasteiger charge is 2.41. The van der Waals surface area contributed by atoms with Gasteiger partial charge in [-0.25, -0.2) is 4.68 Å². The van der Waals surface area contributed by atoms with E-state index in [1.54, 1.807) is 10.9 Å². The molecule has 0 radical (unpaired) electrons. The second-order valence-electron chi connectivity index (χ2n) is 6.10. The molecule has 0 aromatic carbocycles. The minimum Gasteiger partial charge on any atom is -0.379 e. The minimum absolute atomic E-state index is 0.0196. The van der Waals surface area contributed by atoms with Crippen LogP contribution in [0.5, 0.6) is 0 Å². The lowest BCUT2D eigenvalue weighted by atomic mass is 10.1. The van der Waals surface area contributed by atoms with Gasteiger partial charge in [0.1, 0.15) is 4.47 Å². The normalized spacial score (nSPS) is 18.6. The predicted molar refractivity (Wildman–Crippen MR) is 84.0 cm³/mol. The van der Waals surface area contributed by atoms with E-state index < -0.39 is 0 Å². The maximum Gasteiger partial charge on any atom is 0.283 e. The van der Waals surface area contributed by atoms with Crippen LogP contribution < -0.4 is 10.9 Å². The molecule has 2 saturated carbocycles. The Morgan fingerprint density at radius 3 is 2.60 bits per heavy atom. The maximum atomic E-state index is 12.3. The van der Waals surface area contributed by atoms with Crippen molar-refractivity contribution in [1.29, 1.82) is 0 Å². The number of anilines is 1. The molecule has 2 aliphatic carbocycles. The third-order valence-corrected chi connectivity index (χ3v) is 5.06. The average molecular weight is 340 g/mol. The molecule has 0 amide bonds. The Bertz CT molecular complexity index is 522. The van der Waals surface area contributed by atoms with E-state index in [0.29, 0.717) is 17.1 Å². The summed E-state index contributed by atoms with van der Waals surface area (Å²) < 4.78 is 2.19. The molecule has 20 heavy (non-hydrogen) atoms. The number of aromatic nitrogens is 2. The Morgan fingerprint density at radius 2 is 2.05 bits per heavy atom. The van der Waals surface area contributed by atoms with Gasteiger partial charge in [0.05, 0.1) is 11.9 Å². The molecule has 5 heteroatoms. The van der Waals surface area contributed by atoms with Gasteiger partial charge in [-0.3, -0.25) is 4.79 Å². The molecule has 1 heterocycles. The van der Waals surface area contributed by atoms with Crippen LogP contribution in [0.2, 0.25) is 0 Å². The smallest absolute Gasteiger partial charge is 0.283 e. The van der Waals surface area contributed by atoms with Crippen LogP contribution in [0.25, 0.3) is 0 Å². The number of hydrogen-bond donors (Lipinski definition) is 1. The maximum absolute atomic E-state index is 12.3. The first-order valence-electron chi connectivity index (χ1n) is 7.73. The van der Waals surface area contributed by atoms with Gasteiger partial charge in [0.2, 0.25) is 0 Å². The number of rotatable bonds is 7. The Kier molecular flexibility index (Phi) is 4.15. The fourth-order valence-corrected chi connectivity index (χ4v) is 3.17. The molecule has 0 aliphatic heterocycles. The van der Waals surface area contributed by atoms with Gasteiger partial charge < -0.3 is 5.32 Å². The van der Waals surface area contributed by atoms with Crippen molar-refractivity contribution >= 4 is 21.6 Å². The lowest BCUT2D eigenvalue weighted by molar-refractivity contribution is 0.536. The number of nitrogens with zero attached hydrogens (tertiary/aromatic N) is 2. The molecule has 1 aromatic rings. The summed E-state index contributed by atoms with van der Waals surface area (Å²) in [7, 11) is 0. The van der Waals surface area contributed by atoms with Gasteiger partial charge in [-0.1, -0.05) is 13.3 Å². The summed E-state index contributed by atoms with van der Waals surface area (Å²) >= 11 is 3.45. The van der Waals surface area contributed by atoms with Crippen molar-refractivity contribution in [3.05, 3.63) is 21.0 Å². The van der Waals surface area contributed by atoms with E-state index in [9.17, 15) is 4.79 Å². The van der Waals surface area contributed by atoms with Crippen molar-refractivity contribution in [2.75, 3.05) is 5.32 Å². The number of halogens is 1. The van der Waals surface area contributed by atoms with Crippen LogP contribution in [0.4, 0.5) is 5.69 Å². The summed E-state index contributed by atoms with van der Waals surface area (Å²) in [5.41, 5.74) is 0.848. The van der Waals surface area contributed by atoms with Gasteiger partial charge >= 0.3 is 0 Å². The molecular weight excluding hydrogens is 318 g/mol. The fraction of sp³-hybridized carbons (Fsp3) is 0.733. The molecular formula is C15H22BrN3O. The van der Waals surface area contributed by atoms with Crippen LogP contribution >= 0.6 is 15.9 Å². The summed E-state index contributed by atoms with van der Waals surface area (Å²) in [6.45, 7) is 2.81.